The molecule has 23 heavy (non-hydrogen) atoms. The van der Waals surface area contributed by atoms with E-state index in [-0.39, 0.29) is 11.9 Å². The Kier molecular flexibility index (Phi) is 5.30. The van der Waals surface area contributed by atoms with Crippen molar-refractivity contribution in [1.29, 1.82) is 0 Å². The number of aromatic carboxylic acids is 1. The molecule has 1 heterocycles. The topological polar surface area (TPSA) is 67.8 Å². The SMILES string of the molecule is O=C(O)c1cccc(CNCC2COC3(CCCCCC3)O2)c1. The van der Waals surface area contributed by atoms with Gasteiger partial charge in [-0.15, -0.1) is 0 Å². The fourth-order valence-electron chi connectivity index (χ4n) is 3.44. The first-order chi connectivity index (χ1) is 11.2. The Morgan fingerprint density at radius 1 is 1.26 bits per heavy atom. The normalized spacial score (nSPS) is 23.7. The lowest BCUT2D eigenvalue weighted by atomic mass is 10.1. The quantitative estimate of drug-likeness (QED) is 0.873. The first-order valence-electron chi connectivity index (χ1n) is 8.52. The third-order valence-electron chi connectivity index (χ3n) is 4.65. The number of nitrogens with one attached hydrogen (secondary N) is 1. The van der Waals surface area contributed by atoms with Crippen LogP contribution in [0.3, 0.4) is 0 Å². The summed E-state index contributed by atoms with van der Waals surface area (Å²) in [5.41, 5.74) is 1.29. The van der Waals surface area contributed by atoms with E-state index in [1.807, 2.05) is 6.07 Å². The van der Waals surface area contributed by atoms with Gasteiger partial charge >= 0.3 is 5.97 Å². The Hall–Kier alpha value is -1.43. The van der Waals surface area contributed by atoms with Gasteiger partial charge < -0.3 is 19.9 Å². The molecule has 2 N–H and O–H groups in total. The second-order valence-corrected chi connectivity index (χ2v) is 6.51. The number of carbonyl (C=O) groups is 1. The van der Waals surface area contributed by atoms with Gasteiger partial charge in [0.15, 0.2) is 5.79 Å². The van der Waals surface area contributed by atoms with Gasteiger partial charge in [-0.2, -0.15) is 0 Å². The molecular formula is C18H25NO4. The fraction of sp³-hybridized carbons (Fsp3) is 0.611. The van der Waals surface area contributed by atoms with E-state index in [2.05, 4.69) is 5.32 Å². The van der Waals surface area contributed by atoms with Crippen LogP contribution in [0.5, 0.6) is 0 Å². The van der Waals surface area contributed by atoms with Crippen molar-refractivity contribution in [2.75, 3.05) is 13.2 Å². The van der Waals surface area contributed by atoms with E-state index < -0.39 is 5.97 Å². The molecule has 1 aromatic carbocycles. The first kappa shape index (κ1) is 16.4. The zero-order chi connectivity index (χ0) is 16.1. The van der Waals surface area contributed by atoms with E-state index >= 15 is 0 Å². The van der Waals surface area contributed by atoms with Crippen LogP contribution in [0.1, 0.15) is 54.4 Å². The molecule has 1 aromatic rings. The highest BCUT2D eigenvalue weighted by Gasteiger charge is 2.41. The third kappa shape index (κ3) is 4.31. The molecule has 126 valence electrons. The van der Waals surface area contributed by atoms with E-state index in [0.717, 1.165) is 24.9 Å². The molecule has 1 atom stereocenters. The highest BCUT2D eigenvalue weighted by Crippen LogP contribution is 2.36. The Morgan fingerprint density at radius 3 is 2.78 bits per heavy atom. The minimum Gasteiger partial charge on any atom is -0.478 e. The van der Waals surface area contributed by atoms with Crippen molar-refractivity contribution < 1.29 is 19.4 Å². The molecule has 3 rings (SSSR count). The Balaban J connectivity index is 1.46. The number of hydrogen-bond acceptors (Lipinski definition) is 4. The third-order valence-corrected chi connectivity index (χ3v) is 4.65. The van der Waals surface area contributed by atoms with Crippen molar-refractivity contribution in [3.05, 3.63) is 35.4 Å². The zero-order valence-corrected chi connectivity index (χ0v) is 13.4. The van der Waals surface area contributed by atoms with Crippen LogP contribution in [0.15, 0.2) is 24.3 Å². The molecule has 1 saturated heterocycles. The van der Waals surface area contributed by atoms with Crippen LogP contribution >= 0.6 is 0 Å². The van der Waals surface area contributed by atoms with Crippen molar-refractivity contribution >= 4 is 5.97 Å². The summed E-state index contributed by atoms with van der Waals surface area (Å²) in [5.74, 6) is -1.24. The molecule has 1 unspecified atom stereocenters. The minimum atomic E-state index is -0.894. The van der Waals surface area contributed by atoms with Crippen LogP contribution in [0.4, 0.5) is 0 Å². The van der Waals surface area contributed by atoms with E-state index in [0.29, 0.717) is 18.7 Å². The number of ether oxygens (including phenoxy) is 2. The number of hydrogen-bond donors (Lipinski definition) is 2. The van der Waals surface area contributed by atoms with Crippen molar-refractivity contribution in [2.24, 2.45) is 0 Å². The molecular weight excluding hydrogens is 294 g/mol. The Labute approximate surface area is 137 Å². The highest BCUT2D eigenvalue weighted by molar-refractivity contribution is 5.87. The average molecular weight is 319 g/mol. The van der Waals surface area contributed by atoms with Gasteiger partial charge in [-0.25, -0.2) is 4.79 Å². The lowest BCUT2D eigenvalue weighted by molar-refractivity contribution is -0.175. The van der Waals surface area contributed by atoms with Gasteiger partial charge in [0, 0.05) is 25.9 Å². The molecule has 0 radical (unpaired) electrons. The molecule has 1 spiro atoms. The fourth-order valence-corrected chi connectivity index (χ4v) is 3.44. The summed E-state index contributed by atoms with van der Waals surface area (Å²) in [6.07, 6.45) is 7.00. The second-order valence-electron chi connectivity index (χ2n) is 6.51. The van der Waals surface area contributed by atoms with Crippen molar-refractivity contribution in [2.45, 2.75) is 57.0 Å². The van der Waals surface area contributed by atoms with Crippen LogP contribution in [-0.4, -0.2) is 36.1 Å². The molecule has 1 saturated carbocycles. The van der Waals surface area contributed by atoms with Gasteiger partial charge in [0.2, 0.25) is 0 Å². The molecule has 5 heteroatoms. The summed E-state index contributed by atoms with van der Waals surface area (Å²) in [5, 5.41) is 12.4. The van der Waals surface area contributed by atoms with E-state index in [4.69, 9.17) is 14.6 Å². The van der Waals surface area contributed by atoms with Gasteiger partial charge in [-0.3, -0.25) is 0 Å². The number of carboxylic acid groups (broad SMARTS) is 1. The van der Waals surface area contributed by atoms with Crippen molar-refractivity contribution in [3.8, 4) is 0 Å². The maximum atomic E-state index is 11.0. The van der Waals surface area contributed by atoms with Crippen LogP contribution in [-0.2, 0) is 16.0 Å². The summed E-state index contributed by atoms with van der Waals surface area (Å²) in [6, 6.07) is 7.01. The van der Waals surface area contributed by atoms with Gasteiger partial charge in [0.25, 0.3) is 0 Å². The minimum absolute atomic E-state index is 0.0794. The van der Waals surface area contributed by atoms with Crippen LogP contribution < -0.4 is 5.32 Å². The molecule has 0 bridgehead atoms. The van der Waals surface area contributed by atoms with Gasteiger partial charge in [0.05, 0.1) is 18.3 Å². The van der Waals surface area contributed by atoms with E-state index in [1.165, 1.54) is 25.7 Å². The summed E-state index contributed by atoms with van der Waals surface area (Å²) in [7, 11) is 0. The molecule has 1 aliphatic heterocycles. The molecule has 2 fully saturated rings. The van der Waals surface area contributed by atoms with Gasteiger partial charge in [0.1, 0.15) is 0 Å². The van der Waals surface area contributed by atoms with Crippen LogP contribution in [0.25, 0.3) is 0 Å². The largest absolute Gasteiger partial charge is 0.478 e. The predicted octanol–water partition coefficient (Wildman–Crippen LogP) is 2.94. The Morgan fingerprint density at radius 2 is 2.04 bits per heavy atom. The molecule has 5 nitrogen and oxygen atoms in total. The lowest BCUT2D eigenvalue weighted by Gasteiger charge is -2.26. The molecule has 1 aliphatic carbocycles. The summed E-state index contributed by atoms with van der Waals surface area (Å²) >= 11 is 0. The summed E-state index contributed by atoms with van der Waals surface area (Å²) < 4.78 is 12.2. The van der Waals surface area contributed by atoms with E-state index in [9.17, 15) is 4.79 Å². The predicted molar refractivity (Wildman–Crippen MR) is 86.4 cm³/mol. The summed E-state index contributed by atoms with van der Waals surface area (Å²) in [4.78, 5) is 11.0. The first-order valence-corrected chi connectivity index (χ1v) is 8.52. The highest BCUT2D eigenvalue weighted by atomic mass is 16.7. The zero-order valence-electron chi connectivity index (χ0n) is 13.4. The monoisotopic (exact) mass is 319 g/mol. The molecule has 0 amide bonds. The van der Waals surface area contributed by atoms with Crippen LogP contribution in [0.2, 0.25) is 0 Å². The van der Waals surface area contributed by atoms with Gasteiger partial charge in [-0.1, -0.05) is 25.0 Å². The van der Waals surface area contributed by atoms with Crippen molar-refractivity contribution in [1.82, 2.24) is 5.32 Å². The summed E-state index contributed by atoms with van der Waals surface area (Å²) in [6.45, 7) is 2.00. The van der Waals surface area contributed by atoms with Gasteiger partial charge in [-0.05, 0) is 30.5 Å². The molecule has 0 aromatic heterocycles. The molecule has 2 aliphatic rings. The Bertz CT molecular complexity index is 538. The number of carboxylic acids is 1. The average Bonchev–Trinajstić information content (AvgIpc) is 2.79. The standard InChI is InChI=1S/C18H25NO4/c20-17(21)15-7-5-6-14(10-15)11-19-12-16-13-22-18(23-16)8-3-1-2-4-9-18/h5-7,10,16,19H,1-4,8-9,11-13H2,(H,20,21). The maximum absolute atomic E-state index is 11.0. The maximum Gasteiger partial charge on any atom is 0.335 e. The lowest BCUT2D eigenvalue weighted by Crippen LogP contribution is -2.33. The number of rotatable bonds is 5. The number of benzene rings is 1. The van der Waals surface area contributed by atoms with E-state index in [1.54, 1.807) is 18.2 Å². The smallest absolute Gasteiger partial charge is 0.335 e. The second kappa shape index (κ2) is 7.43. The van der Waals surface area contributed by atoms with Crippen LogP contribution in [0, 0.1) is 0 Å². The van der Waals surface area contributed by atoms with Crippen molar-refractivity contribution in [3.63, 3.8) is 0 Å².